The van der Waals surface area contributed by atoms with Crippen LogP contribution in [-0.2, 0) is 37.6 Å². The first-order valence-corrected chi connectivity index (χ1v) is 4.19. The van der Waals surface area contributed by atoms with Crippen molar-refractivity contribution in [3.05, 3.63) is 0 Å². The molecule has 0 aromatic rings. The maximum Gasteiger partial charge on any atom is 0.394 e. The molecular weight excluding hydrogens is 279 g/mol. The Kier molecular flexibility index (Phi) is 23.0. The van der Waals surface area contributed by atoms with Gasteiger partial charge in [0.15, 0.2) is 0 Å². The van der Waals surface area contributed by atoms with Gasteiger partial charge in [-0.15, -0.1) is 0 Å². The number of hydrogen-bond donors (Lipinski definition) is 6. The Balaban J connectivity index is -0.0000000267. The summed E-state index contributed by atoms with van der Waals surface area (Å²) in [5.74, 6) is 0. The van der Waals surface area contributed by atoms with Gasteiger partial charge >= 0.3 is 20.8 Å². The average molecular weight is 289 g/mol. The van der Waals surface area contributed by atoms with E-state index in [1.807, 2.05) is 0 Å². The Morgan fingerprint density at radius 3 is 0.615 bits per heavy atom. The zero-order valence-corrected chi connectivity index (χ0v) is 8.66. The van der Waals surface area contributed by atoms with Crippen LogP contribution in [0.15, 0.2) is 0 Å². The standard InChI is InChI=1S/Co.2H3N.2H2O4S/c;;;2*1-5(2,3)4/h;2*1H3;2*(H2,1,2,3,4). The smallest absolute Gasteiger partial charge is 0.344 e. The largest absolute Gasteiger partial charge is 0.394 e. The van der Waals surface area contributed by atoms with E-state index < -0.39 is 20.8 Å². The fourth-order valence-electron chi connectivity index (χ4n) is 0. The molecule has 0 bridgehead atoms. The summed E-state index contributed by atoms with van der Waals surface area (Å²) in [5, 5.41) is 0. The van der Waals surface area contributed by atoms with Gasteiger partial charge in [0, 0.05) is 16.8 Å². The molecule has 10 nitrogen and oxygen atoms in total. The van der Waals surface area contributed by atoms with Crippen molar-refractivity contribution in [1.29, 1.82) is 0 Å². The van der Waals surface area contributed by atoms with E-state index in [1.54, 1.807) is 0 Å². The SMILES string of the molecule is N.N.O=S(=O)(O)O.O=S(=O)(O)O.[Co]. The minimum Gasteiger partial charge on any atom is -0.344 e. The third-order valence-corrected chi connectivity index (χ3v) is 0. The molecule has 0 heterocycles. The van der Waals surface area contributed by atoms with Gasteiger partial charge in [0.25, 0.3) is 0 Å². The quantitative estimate of drug-likeness (QED) is 0.299. The molecule has 0 aliphatic heterocycles. The van der Waals surface area contributed by atoms with Gasteiger partial charge < -0.3 is 12.3 Å². The first-order valence-electron chi connectivity index (χ1n) is 1.40. The van der Waals surface area contributed by atoms with Crippen LogP contribution in [-0.4, -0.2) is 35.0 Å². The molecule has 0 unspecified atom stereocenters. The fraction of sp³-hybridized carbons (Fsp3) is 0. The normalized spacial score (nSPS) is 8.92. The van der Waals surface area contributed by atoms with E-state index in [0.717, 1.165) is 0 Å². The summed E-state index contributed by atoms with van der Waals surface area (Å²) in [4.78, 5) is 0. The Hall–Kier alpha value is 0.166. The summed E-state index contributed by atoms with van der Waals surface area (Å²) in [7, 11) is -9.33. The van der Waals surface area contributed by atoms with Gasteiger partial charge in [0.1, 0.15) is 0 Å². The van der Waals surface area contributed by atoms with Crippen LogP contribution in [0.4, 0.5) is 0 Å². The molecule has 0 amide bonds. The number of hydrogen-bond acceptors (Lipinski definition) is 6. The zero-order valence-electron chi connectivity index (χ0n) is 5.99. The molecule has 0 rings (SSSR count). The second kappa shape index (κ2) is 10.2. The van der Waals surface area contributed by atoms with Crippen molar-refractivity contribution >= 4 is 20.8 Å². The second-order valence-corrected chi connectivity index (χ2v) is 2.69. The summed E-state index contributed by atoms with van der Waals surface area (Å²) in [6.07, 6.45) is 0. The van der Waals surface area contributed by atoms with Gasteiger partial charge in [-0.2, -0.15) is 16.8 Å². The second-order valence-electron chi connectivity index (χ2n) is 0.896. The zero-order chi connectivity index (χ0) is 9.00. The molecule has 0 spiro atoms. The van der Waals surface area contributed by atoms with Crippen molar-refractivity contribution in [3.8, 4) is 0 Å². The molecule has 0 aromatic heterocycles. The van der Waals surface area contributed by atoms with Crippen molar-refractivity contribution in [2.75, 3.05) is 0 Å². The van der Waals surface area contributed by atoms with Gasteiger partial charge in [-0.25, -0.2) is 0 Å². The fourth-order valence-corrected chi connectivity index (χ4v) is 0. The summed E-state index contributed by atoms with van der Waals surface area (Å²) >= 11 is 0. The van der Waals surface area contributed by atoms with Gasteiger partial charge in [-0.3, -0.25) is 18.2 Å². The van der Waals surface area contributed by atoms with Gasteiger partial charge in [-0.05, 0) is 0 Å². The van der Waals surface area contributed by atoms with Crippen LogP contribution in [0, 0.1) is 0 Å². The molecule has 89 valence electrons. The summed E-state index contributed by atoms with van der Waals surface area (Å²) in [6.45, 7) is 0. The van der Waals surface area contributed by atoms with Crippen LogP contribution in [0.5, 0.6) is 0 Å². The maximum absolute atomic E-state index is 8.74. The Labute approximate surface area is 85.2 Å². The van der Waals surface area contributed by atoms with E-state index in [0.29, 0.717) is 0 Å². The van der Waals surface area contributed by atoms with Crippen LogP contribution in [0.25, 0.3) is 0 Å². The summed E-state index contributed by atoms with van der Waals surface area (Å²) in [6, 6.07) is 0. The molecule has 0 aliphatic carbocycles. The Morgan fingerprint density at radius 2 is 0.615 bits per heavy atom. The van der Waals surface area contributed by atoms with Crippen LogP contribution in [0.2, 0.25) is 0 Å². The monoisotopic (exact) mass is 289 g/mol. The van der Waals surface area contributed by atoms with Crippen LogP contribution < -0.4 is 12.3 Å². The average Bonchev–Trinajstić information content (AvgIpc) is 1.12. The van der Waals surface area contributed by atoms with E-state index >= 15 is 0 Å². The van der Waals surface area contributed by atoms with E-state index in [2.05, 4.69) is 0 Å². The first kappa shape index (κ1) is 29.2. The van der Waals surface area contributed by atoms with Crippen molar-refractivity contribution in [3.63, 3.8) is 0 Å². The minimum atomic E-state index is -4.67. The van der Waals surface area contributed by atoms with Crippen molar-refractivity contribution < 1.29 is 51.8 Å². The molecule has 0 aromatic carbocycles. The van der Waals surface area contributed by atoms with E-state index in [4.69, 9.17) is 35.0 Å². The van der Waals surface area contributed by atoms with E-state index in [1.165, 1.54) is 0 Å². The predicted octanol–water partition coefficient (Wildman–Crippen LogP) is -0.984. The molecule has 13 heteroatoms. The van der Waals surface area contributed by atoms with Crippen molar-refractivity contribution in [2.45, 2.75) is 0 Å². The van der Waals surface area contributed by atoms with Crippen molar-refractivity contribution in [1.82, 2.24) is 12.3 Å². The Bertz CT molecular complexity index is 217. The molecule has 10 N–H and O–H groups in total. The molecule has 13 heavy (non-hydrogen) atoms. The van der Waals surface area contributed by atoms with Gasteiger partial charge in [0.2, 0.25) is 0 Å². The van der Waals surface area contributed by atoms with Gasteiger partial charge in [0.05, 0.1) is 0 Å². The summed E-state index contributed by atoms with van der Waals surface area (Å²) in [5.41, 5.74) is 0. The topological polar surface area (TPSA) is 219 Å². The Morgan fingerprint density at radius 1 is 0.615 bits per heavy atom. The summed E-state index contributed by atoms with van der Waals surface area (Å²) < 4.78 is 63.2. The molecule has 0 saturated heterocycles. The van der Waals surface area contributed by atoms with Gasteiger partial charge in [-0.1, -0.05) is 0 Å². The molecular formula is H10CoN2O8S2. The third kappa shape index (κ3) is 45400. The first-order chi connectivity index (χ1) is 4.00. The molecule has 0 fully saturated rings. The molecule has 0 saturated carbocycles. The third-order valence-electron chi connectivity index (χ3n) is 0. The van der Waals surface area contributed by atoms with E-state index in [9.17, 15) is 0 Å². The van der Waals surface area contributed by atoms with Crippen LogP contribution >= 0.6 is 0 Å². The minimum absolute atomic E-state index is 0. The maximum atomic E-state index is 8.74. The molecule has 0 aliphatic rings. The number of rotatable bonds is 0. The predicted molar refractivity (Wildman–Crippen MR) is 38.4 cm³/mol. The molecule has 0 atom stereocenters. The molecule has 1 radical (unpaired) electrons. The van der Waals surface area contributed by atoms with Crippen LogP contribution in [0.3, 0.4) is 0 Å². The van der Waals surface area contributed by atoms with Crippen LogP contribution in [0.1, 0.15) is 0 Å². The van der Waals surface area contributed by atoms with E-state index in [-0.39, 0.29) is 29.1 Å². The van der Waals surface area contributed by atoms with Crippen molar-refractivity contribution in [2.24, 2.45) is 0 Å².